The molecule has 23 heavy (non-hydrogen) atoms. The highest BCUT2D eigenvalue weighted by atomic mass is 35.5. The van der Waals surface area contributed by atoms with Crippen LogP contribution in [0, 0.1) is 5.41 Å². The molecule has 0 radical (unpaired) electrons. The number of nitrogens with one attached hydrogen (secondary N) is 1. The zero-order valence-corrected chi connectivity index (χ0v) is 15.2. The smallest absolute Gasteiger partial charge is 0.151 e. The van der Waals surface area contributed by atoms with Crippen molar-refractivity contribution < 1.29 is 4.74 Å². The van der Waals surface area contributed by atoms with Crippen molar-refractivity contribution in [3.63, 3.8) is 0 Å². The third-order valence-electron chi connectivity index (χ3n) is 3.09. The van der Waals surface area contributed by atoms with E-state index in [4.69, 9.17) is 50.7 Å². The van der Waals surface area contributed by atoms with Crippen LogP contribution in [0.5, 0.6) is 5.75 Å². The Kier molecular flexibility index (Phi) is 6.90. The fourth-order valence-electron chi connectivity index (χ4n) is 1.89. The van der Waals surface area contributed by atoms with Crippen molar-refractivity contribution in [3.8, 4) is 5.75 Å². The second-order valence-corrected chi connectivity index (χ2v) is 7.05. The molecule has 0 aliphatic rings. The van der Waals surface area contributed by atoms with Crippen molar-refractivity contribution in [2.24, 2.45) is 5.73 Å². The van der Waals surface area contributed by atoms with E-state index in [-0.39, 0.29) is 11.8 Å². The zero-order chi connectivity index (χ0) is 16.8. The summed E-state index contributed by atoms with van der Waals surface area (Å²) < 4.78 is 5.72. The Morgan fingerprint density at radius 2 is 1.70 bits per heavy atom. The van der Waals surface area contributed by atoms with Gasteiger partial charge in [0.1, 0.15) is 12.4 Å². The molecule has 2 aromatic rings. The third kappa shape index (κ3) is 5.50. The molecule has 0 saturated carbocycles. The number of hydrogen-bond donors (Lipinski definition) is 2. The Balaban J connectivity index is 1.94. The van der Waals surface area contributed by atoms with Crippen LogP contribution < -0.4 is 10.5 Å². The van der Waals surface area contributed by atoms with E-state index in [0.29, 0.717) is 20.6 Å². The van der Waals surface area contributed by atoms with Gasteiger partial charge >= 0.3 is 0 Å². The minimum absolute atomic E-state index is 0.139. The lowest BCUT2D eigenvalue weighted by Crippen LogP contribution is -2.05. The molecule has 0 aromatic heterocycles. The average Bonchev–Trinajstić information content (AvgIpc) is 2.52. The van der Waals surface area contributed by atoms with Crippen molar-refractivity contribution in [2.75, 3.05) is 5.75 Å². The Morgan fingerprint density at radius 3 is 2.35 bits per heavy atom. The highest BCUT2D eigenvalue weighted by Gasteiger charge is 2.10. The van der Waals surface area contributed by atoms with Gasteiger partial charge in [0.2, 0.25) is 0 Å². The number of ether oxygens (including phenoxy) is 1. The van der Waals surface area contributed by atoms with Gasteiger partial charge in [-0.1, -0.05) is 58.7 Å². The highest BCUT2D eigenvalue weighted by Crippen LogP contribution is 2.32. The van der Waals surface area contributed by atoms with Crippen LogP contribution in [0.3, 0.4) is 0 Å². The quantitative estimate of drug-likeness (QED) is 0.395. The fourth-order valence-corrected chi connectivity index (χ4v) is 3.10. The number of halogens is 3. The SMILES string of the molecule is N=C(N)SCCc1ccc(OCc2c(Cl)ccc(Cl)c2Cl)cc1. The largest absolute Gasteiger partial charge is 0.489 e. The summed E-state index contributed by atoms with van der Waals surface area (Å²) in [6, 6.07) is 11.1. The lowest BCUT2D eigenvalue weighted by molar-refractivity contribution is 0.306. The van der Waals surface area contributed by atoms with E-state index in [9.17, 15) is 0 Å². The van der Waals surface area contributed by atoms with E-state index in [1.807, 2.05) is 24.3 Å². The number of nitrogens with two attached hydrogens (primary N) is 1. The third-order valence-corrected chi connectivity index (χ3v) is 5.01. The number of thioether (sulfide) groups is 1. The molecule has 7 heteroatoms. The Labute approximate surface area is 154 Å². The van der Waals surface area contributed by atoms with E-state index < -0.39 is 0 Å². The molecule has 0 saturated heterocycles. The molecule has 0 heterocycles. The van der Waals surface area contributed by atoms with Crippen molar-refractivity contribution in [3.05, 3.63) is 62.6 Å². The molecular weight excluding hydrogens is 375 g/mol. The summed E-state index contributed by atoms with van der Waals surface area (Å²) in [4.78, 5) is 0. The Hall–Kier alpha value is -1.07. The van der Waals surface area contributed by atoms with E-state index in [1.165, 1.54) is 11.8 Å². The van der Waals surface area contributed by atoms with E-state index >= 15 is 0 Å². The van der Waals surface area contributed by atoms with Crippen LogP contribution in [0.4, 0.5) is 0 Å². The van der Waals surface area contributed by atoms with Crippen molar-refractivity contribution in [2.45, 2.75) is 13.0 Å². The van der Waals surface area contributed by atoms with Gasteiger partial charge in [0.05, 0.1) is 10.0 Å². The van der Waals surface area contributed by atoms with Gasteiger partial charge in [0.15, 0.2) is 5.17 Å². The topological polar surface area (TPSA) is 59.1 Å². The molecular formula is C16H15Cl3N2OS. The monoisotopic (exact) mass is 388 g/mol. The summed E-state index contributed by atoms with van der Waals surface area (Å²) in [5.41, 5.74) is 7.13. The van der Waals surface area contributed by atoms with E-state index in [0.717, 1.165) is 23.5 Å². The number of rotatable bonds is 6. The fraction of sp³-hybridized carbons (Fsp3) is 0.188. The number of amidine groups is 1. The van der Waals surface area contributed by atoms with Gasteiger partial charge in [0, 0.05) is 16.3 Å². The van der Waals surface area contributed by atoms with Gasteiger partial charge < -0.3 is 10.5 Å². The van der Waals surface area contributed by atoms with Crippen LogP contribution in [0.1, 0.15) is 11.1 Å². The van der Waals surface area contributed by atoms with Crippen LogP contribution in [0.25, 0.3) is 0 Å². The van der Waals surface area contributed by atoms with Crippen LogP contribution in [0.15, 0.2) is 36.4 Å². The lowest BCUT2D eigenvalue weighted by atomic mass is 10.2. The summed E-state index contributed by atoms with van der Waals surface area (Å²) in [7, 11) is 0. The summed E-state index contributed by atoms with van der Waals surface area (Å²) in [6.07, 6.45) is 0.844. The maximum atomic E-state index is 7.17. The molecule has 122 valence electrons. The summed E-state index contributed by atoms with van der Waals surface area (Å²) in [5.74, 6) is 1.50. The number of hydrogen-bond acceptors (Lipinski definition) is 3. The molecule has 0 spiro atoms. The second kappa shape index (κ2) is 8.69. The van der Waals surface area contributed by atoms with Crippen LogP contribution >= 0.6 is 46.6 Å². The van der Waals surface area contributed by atoms with Gasteiger partial charge in [-0.15, -0.1) is 0 Å². The van der Waals surface area contributed by atoms with Crippen LogP contribution in [-0.2, 0) is 13.0 Å². The second-order valence-electron chi connectivity index (χ2n) is 4.72. The predicted octanol–water partition coefficient (Wildman–Crippen LogP) is 5.39. The summed E-state index contributed by atoms with van der Waals surface area (Å²) in [5, 5.41) is 8.70. The summed E-state index contributed by atoms with van der Waals surface area (Å²) in [6.45, 7) is 0.248. The van der Waals surface area contributed by atoms with E-state index in [2.05, 4.69) is 0 Å². The van der Waals surface area contributed by atoms with Crippen LogP contribution in [-0.4, -0.2) is 10.9 Å². The standard InChI is InChI=1S/C16H15Cl3N2OS/c17-13-5-6-14(18)15(19)12(13)9-22-11-3-1-10(2-4-11)7-8-23-16(20)21/h1-6H,7-9H2,(H3,20,21). The molecule has 0 aliphatic heterocycles. The van der Waals surface area contributed by atoms with Gasteiger partial charge in [-0.2, -0.15) is 0 Å². The molecule has 0 unspecified atom stereocenters. The Bertz CT molecular complexity index is 692. The molecule has 0 fully saturated rings. The molecule has 2 aromatic carbocycles. The normalized spacial score (nSPS) is 10.6. The molecule has 0 bridgehead atoms. The minimum atomic E-state index is 0.139. The van der Waals surface area contributed by atoms with Crippen molar-refractivity contribution >= 4 is 51.7 Å². The van der Waals surface area contributed by atoms with Crippen LogP contribution in [0.2, 0.25) is 15.1 Å². The maximum absolute atomic E-state index is 7.17. The first-order valence-electron chi connectivity index (χ1n) is 6.78. The lowest BCUT2D eigenvalue weighted by Gasteiger charge is -2.11. The maximum Gasteiger partial charge on any atom is 0.151 e. The van der Waals surface area contributed by atoms with Gasteiger partial charge in [-0.25, -0.2) is 0 Å². The van der Waals surface area contributed by atoms with Crippen molar-refractivity contribution in [1.29, 1.82) is 5.41 Å². The summed E-state index contributed by atoms with van der Waals surface area (Å²) >= 11 is 19.6. The van der Waals surface area contributed by atoms with E-state index in [1.54, 1.807) is 12.1 Å². The first-order valence-corrected chi connectivity index (χ1v) is 8.90. The first kappa shape index (κ1) is 18.3. The van der Waals surface area contributed by atoms with Gasteiger partial charge in [0.25, 0.3) is 0 Å². The molecule has 3 N–H and O–H groups in total. The predicted molar refractivity (Wildman–Crippen MR) is 100 cm³/mol. The Morgan fingerprint density at radius 1 is 1.04 bits per heavy atom. The van der Waals surface area contributed by atoms with Crippen molar-refractivity contribution in [1.82, 2.24) is 0 Å². The average molecular weight is 390 g/mol. The minimum Gasteiger partial charge on any atom is -0.489 e. The molecule has 0 atom stereocenters. The molecule has 0 aliphatic carbocycles. The number of benzene rings is 2. The van der Waals surface area contributed by atoms with Gasteiger partial charge in [-0.3, -0.25) is 5.41 Å². The molecule has 0 amide bonds. The first-order chi connectivity index (χ1) is 11.0. The zero-order valence-electron chi connectivity index (χ0n) is 12.1. The number of aryl methyl sites for hydroxylation is 1. The highest BCUT2D eigenvalue weighted by molar-refractivity contribution is 8.13. The van der Waals surface area contributed by atoms with Gasteiger partial charge in [-0.05, 0) is 36.2 Å². The molecule has 3 nitrogen and oxygen atoms in total. The molecule has 2 rings (SSSR count).